The molecule has 0 atom stereocenters. The van der Waals surface area contributed by atoms with Crippen molar-refractivity contribution in [2.45, 2.75) is 6.42 Å². The lowest BCUT2D eigenvalue weighted by Gasteiger charge is -2.13. The Morgan fingerprint density at radius 2 is 1.46 bits per heavy atom. The summed E-state index contributed by atoms with van der Waals surface area (Å²) in [6.45, 7) is 0. The zero-order valence-corrected chi connectivity index (χ0v) is 19.6. The summed E-state index contributed by atoms with van der Waals surface area (Å²) < 4.78 is 10.6. The fraction of sp³-hybridized carbons (Fsp3) is 0.103. The second-order valence-electron chi connectivity index (χ2n) is 7.89. The molecule has 0 aromatic heterocycles. The summed E-state index contributed by atoms with van der Waals surface area (Å²) in [5.74, 6) is 0.726. The van der Waals surface area contributed by atoms with Gasteiger partial charge in [0.25, 0.3) is 5.91 Å². The molecule has 176 valence electrons. The van der Waals surface area contributed by atoms with Crippen LogP contribution in [0.25, 0.3) is 11.1 Å². The number of hydrogen-bond donors (Lipinski definition) is 2. The second kappa shape index (κ2) is 11.0. The molecule has 0 fully saturated rings. The molecule has 0 heterocycles. The largest absolute Gasteiger partial charge is 0.497 e. The van der Waals surface area contributed by atoms with Crippen molar-refractivity contribution in [2.24, 2.45) is 0 Å². The van der Waals surface area contributed by atoms with Crippen LogP contribution in [0.3, 0.4) is 0 Å². The standard InChI is InChI=1S/C29H26N2O4/c1-34-25-10-6-7-20(17-25)18-28(32)31-26-19-24(15-16-27(26)35-2)30-29(33)23-13-11-22(12-14-23)21-8-4-3-5-9-21/h3-17,19H,18H2,1-2H3,(H,30,33)(H,31,32). The number of carbonyl (C=O) groups is 2. The van der Waals surface area contributed by atoms with Gasteiger partial charge in [-0.1, -0.05) is 54.6 Å². The first-order chi connectivity index (χ1) is 17.1. The summed E-state index contributed by atoms with van der Waals surface area (Å²) in [6.07, 6.45) is 0.171. The van der Waals surface area contributed by atoms with Gasteiger partial charge in [-0.25, -0.2) is 0 Å². The molecule has 0 saturated heterocycles. The molecular formula is C29H26N2O4. The van der Waals surface area contributed by atoms with E-state index < -0.39 is 0 Å². The molecule has 35 heavy (non-hydrogen) atoms. The van der Waals surface area contributed by atoms with E-state index in [1.165, 1.54) is 7.11 Å². The first-order valence-electron chi connectivity index (χ1n) is 11.1. The highest BCUT2D eigenvalue weighted by Crippen LogP contribution is 2.29. The third-order valence-electron chi connectivity index (χ3n) is 5.48. The van der Waals surface area contributed by atoms with Crippen LogP contribution in [0.1, 0.15) is 15.9 Å². The van der Waals surface area contributed by atoms with Crippen LogP contribution in [0.15, 0.2) is 97.1 Å². The number of hydrogen-bond acceptors (Lipinski definition) is 4. The van der Waals surface area contributed by atoms with E-state index in [1.807, 2.05) is 66.7 Å². The maximum Gasteiger partial charge on any atom is 0.255 e. The van der Waals surface area contributed by atoms with E-state index in [2.05, 4.69) is 10.6 Å². The van der Waals surface area contributed by atoms with Crippen molar-refractivity contribution in [3.05, 3.63) is 108 Å². The van der Waals surface area contributed by atoms with Crippen molar-refractivity contribution in [3.8, 4) is 22.6 Å². The monoisotopic (exact) mass is 466 g/mol. The fourth-order valence-corrected chi connectivity index (χ4v) is 3.69. The van der Waals surface area contributed by atoms with E-state index in [9.17, 15) is 9.59 Å². The maximum atomic E-state index is 12.8. The summed E-state index contributed by atoms with van der Waals surface area (Å²) in [5.41, 5.74) is 4.49. The average molecular weight is 467 g/mol. The van der Waals surface area contributed by atoms with Crippen LogP contribution in [0, 0.1) is 0 Å². The highest BCUT2D eigenvalue weighted by atomic mass is 16.5. The third-order valence-corrected chi connectivity index (χ3v) is 5.48. The minimum absolute atomic E-state index is 0.171. The molecule has 6 nitrogen and oxygen atoms in total. The lowest BCUT2D eigenvalue weighted by molar-refractivity contribution is -0.115. The molecule has 0 aliphatic heterocycles. The molecule has 0 saturated carbocycles. The normalized spacial score (nSPS) is 10.3. The first-order valence-corrected chi connectivity index (χ1v) is 11.1. The molecule has 0 bridgehead atoms. The Labute approximate surface area is 204 Å². The van der Waals surface area contributed by atoms with Crippen LogP contribution >= 0.6 is 0 Å². The lowest BCUT2D eigenvalue weighted by Crippen LogP contribution is -2.16. The van der Waals surface area contributed by atoms with Crippen molar-refractivity contribution in [1.29, 1.82) is 0 Å². The van der Waals surface area contributed by atoms with Gasteiger partial charge >= 0.3 is 0 Å². The van der Waals surface area contributed by atoms with Gasteiger partial charge in [0.15, 0.2) is 0 Å². The quantitative estimate of drug-likeness (QED) is 0.344. The van der Waals surface area contributed by atoms with E-state index >= 15 is 0 Å². The van der Waals surface area contributed by atoms with E-state index in [4.69, 9.17) is 9.47 Å². The molecule has 6 heteroatoms. The molecular weight excluding hydrogens is 440 g/mol. The SMILES string of the molecule is COc1cccc(CC(=O)Nc2cc(NC(=O)c3ccc(-c4ccccc4)cc3)ccc2OC)c1. The number of benzene rings is 4. The van der Waals surface area contributed by atoms with Crippen LogP contribution in [-0.2, 0) is 11.2 Å². The van der Waals surface area contributed by atoms with E-state index in [0.29, 0.717) is 28.4 Å². The number of rotatable bonds is 8. The summed E-state index contributed by atoms with van der Waals surface area (Å²) in [5, 5.41) is 5.76. The van der Waals surface area contributed by atoms with Crippen LogP contribution in [-0.4, -0.2) is 26.0 Å². The van der Waals surface area contributed by atoms with Crippen molar-refractivity contribution in [2.75, 3.05) is 24.9 Å². The van der Waals surface area contributed by atoms with Gasteiger partial charge in [0.2, 0.25) is 5.91 Å². The van der Waals surface area contributed by atoms with E-state index in [1.54, 1.807) is 37.4 Å². The van der Waals surface area contributed by atoms with E-state index in [0.717, 1.165) is 16.7 Å². The molecule has 4 rings (SSSR count). The molecule has 0 radical (unpaired) electrons. The molecule has 0 unspecified atom stereocenters. The number of anilines is 2. The summed E-state index contributed by atoms with van der Waals surface area (Å²) in [7, 11) is 3.11. The van der Waals surface area contributed by atoms with Gasteiger partial charge in [-0.2, -0.15) is 0 Å². The molecule has 0 aliphatic rings. The van der Waals surface area contributed by atoms with E-state index in [-0.39, 0.29) is 18.2 Å². The number of carbonyl (C=O) groups excluding carboxylic acids is 2. The highest BCUT2D eigenvalue weighted by Gasteiger charge is 2.12. The summed E-state index contributed by atoms with van der Waals surface area (Å²) >= 11 is 0. The second-order valence-corrected chi connectivity index (χ2v) is 7.89. The Bertz CT molecular complexity index is 1320. The minimum Gasteiger partial charge on any atom is -0.497 e. The number of methoxy groups -OCH3 is 2. The predicted molar refractivity (Wildman–Crippen MR) is 138 cm³/mol. The number of amides is 2. The average Bonchev–Trinajstić information content (AvgIpc) is 2.89. The summed E-state index contributed by atoms with van der Waals surface area (Å²) in [6, 6.07) is 29.8. The van der Waals surface area contributed by atoms with Crippen molar-refractivity contribution < 1.29 is 19.1 Å². The molecule has 2 amide bonds. The van der Waals surface area contributed by atoms with Gasteiger partial charge in [0, 0.05) is 11.3 Å². The Balaban J connectivity index is 1.45. The van der Waals surface area contributed by atoms with Gasteiger partial charge in [-0.05, 0) is 59.2 Å². The van der Waals surface area contributed by atoms with Crippen LogP contribution in [0.5, 0.6) is 11.5 Å². The smallest absolute Gasteiger partial charge is 0.255 e. The minimum atomic E-state index is -0.247. The summed E-state index contributed by atoms with van der Waals surface area (Å²) in [4.78, 5) is 25.5. The lowest BCUT2D eigenvalue weighted by atomic mass is 10.0. The zero-order chi connectivity index (χ0) is 24.6. The van der Waals surface area contributed by atoms with Gasteiger partial charge in [-0.15, -0.1) is 0 Å². The zero-order valence-electron chi connectivity index (χ0n) is 19.6. The topological polar surface area (TPSA) is 76.7 Å². The van der Waals surface area contributed by atoms with Crippen molar-refractivity contribution in [3.63, 3.8) is 0 Å². The van der Waals surface area contributed by atoms with Crippen molar-refractivity contribution in [1.82, 2.24) is 0 Å². The van der Waals surface area contributed by atoms with Gasteiger partial charge in [0.1, 0.15) is 11.5 Å². The molecule has 0 spiro atoms. The molecule has 4 aromatic carbocycles. The van der Waals surface area contributed by atoms with Gasteiger partial charge in [-0.3, -0.25) is 9.59 Å². The van der Waals surface area contributed by atoms with Crippen molar-refractivity contribution >= 4 is 23.2 Å². The maximum absolute atomic E-state index is 12.8. The third kappa shape index (κ3) is 6.06. The number of nitrogens with one attached hydrogen (secondary N) is 2. The fourth-order valence-electron chi connectivity index (χ4n) is 3.69. The molecule has 0 aliphatic carbocycles. The first kappa shape index (κ1) is 23.6. The van der Waals surface area contributed by atoms with Gasteiger partial charge < -0.3 is 20.1 Å². The van der Waals surface area contributed by atoms with Crippen LogP contribution in [0.2, 0.25) is 0 Å². The van der Waals surface area contributed by atoms with Crippen LogP contribution in [0.4, 0.5) is 11.4 Å². The van der Waals surface area contributed by atoms with Gasteiger partial charge in [0.05, 0.1) is 26.3 Å². The Morgan fingerprint density at radius 3 is 2.17 bits per heavy atom. The Hall–Kier alpha value is -4.58. The molecule has 4 aromatic rings. The number of ether oxygens (including phenoxy) is 2. The molecule has 2 N–H and O–H groups in total. The van der Waals surface area contributed by atoms with Crippen LogP contribution < -0.4 is 20.1 Å². The highest BCUT2D eigenvalue weighted by molar-refractivity contribution is 6.05. The Morgan fingerprint density at radius 1 is 0.714 bits per heavy atom. The predicted octanol–water partition coefficient (Wildman–Crippen LogP) is 5.80. The Kier molecular flexibility index (Phi) is 7.43.